The van der Waals surface area contributed by atoms with Crippen molar-refractivity contribution in [3.63, 3.8) is 0 Å². The van der Waals surface area contributed by atoms with E-state index < -0.39 is 29.8 Å². The summed E-state index contributed by atoms with van der Waals surface area (Å²) in [5, 5.41) is 16.6. The second kappa shape index (κ2) is 12.0. The van der Waals surface area contributed by atoms with E-state index in [1.165, 1.54) is 6.20 Å². The maximum atomic E-state index is 12.8. The number of nitrogens with one attached hydrogen (secondary N) is 3. The van der Waals surface area contributed by atoms with Gasteiger partial charge in [-0.05, 0) is 46.9 Å². The summed E-state index contributed by atoms with van der Waals surface area (Å²) in [5.41, 5.74) is -1.34. The number of nitrogens with zero attached hydrogens (tertiary/aromatic N) is 4. The van der Waals surface area contributed by atoms with E-state index in [1.54, 1.807) is 36.5 Å². The highest BCUT2D eigenvalue weighted by molar-refractivity contribution is 7.07. The fourth-order valence-electron chi connectivity index (χ4n) is 2.82. The summed E-state index contributed by atoms with van der Waals surface area (Å²) in [6.45, 7) is 6.17. The molecule has 0 aliphatic rings. The maximum Gasteiger partial charge on any atom is 0.405 e. The largest absolute Gasteiger partial charge is 0.405 e. The molecular weight excluding hydrogens is 511 g/mol. The highest BCUT2D eigenvalue weighted by Gasteiger charge is 2.29. The van der Waals surface area contributed by atoms with Gasteiger partial charge in [0.1, 0.15) is 33.4 Å². The van der Waals surface area contributed by atoms with Crippen molar-refractivity contribution >= 4 is 46.6 Å². The summed E-state index contributed by atoms with van der Waals surface area (Å²) in [7, 11) is 1.83. The molecule has 0 aromatic carbocycles. The Labute approximate surface area is 215 Å². The highest BCUT2D eigenvalue weighted by atomic mass is 32.1. The standard InChI is InChI=1S/C23H28F3N7O3S/c1-6-33-20(36)15(37-21(33)14(10-27)19(35)29-13-23(24,25)26)11-28-16-8-7-9-17(30-16)31-18(34)12-32(5)22(2,3)4/h7-9,11H,6,12-13H2,1-5H3,(H,29,35)(H2,28,30,31,34). The molecule has 0 saturated heterocycles. The third kappa shape index (κ3) is 8.43. The molecule has 3 N–H and O–H groups in total. The number of carbonyl (C=O) groups excluding carboxylic acids is 2. The Morgan fingerprint density at radius 2 is 1.89 bits per heavy atom. The molecule has 0 bridgehead atoms. The van der Waals surface area contributed by atoms with E-state index in [0.29, 0.717) is 5.82 Å². The topological polar surface area (TPSA) is 132 Å². The molecular formula is C23H28F3N7O3S. The van der Waals surface area contributed by atoms with Crippen LogP contribution in [0.25, 0.3) is 11.8 Å². The predicted molar refractivity (Wildman–Crippen MR) is 135 cm³/mol. The van der Waals surface area contributed by atoms with Crippen molar-refractivity contribution in [3.8, 4) is 6.07 Å². The van der Waals surface area contributed by atoms with Gasteiger partial charge in [-0.1, -0.05) is 6.07 Å². The molecule has 0 saturated carbocycles. The van der Waals surface area contributed by atoms with Crippen molar-refractivity contribution in [2.24, 2.45) is 0 Å². The van der Waals surface area contributed by atoms with E-state index in [9.17, 15) is 32.8 Å². The second-order valence-electron chi connectivity index (χ2n) is 8.88. The van der Waals surface area contributed by atoms with Crippen LogP contribution in [0.2, 0.25) is 0 Å². The Hall–Kier alpha value is -3.70. The van der Waals surface area contributed by atoms with Gasteiger partial charge >= 0.3 is 6.18 Å². The minimum atomic E-state index is -4.65. The normalized spacial score (nSPS) is 13.2. The van der Waals surface area contributed by atoms with E-state index in [1.807, 2.05) is 32.7 Å². The van der Waals surface area contributed by atoms with Crippen LogP contribution < -0.4 is 30.7 Å². The molecule has 0 unspecified atom stereocenters. The van der Waals surface area contributed by atoms with Crippen molar-refractivity contribution in [1.82, 2.24) is 19.8 Å². The van der Waals surface area contributed by atoms with Gasteiger partial charge in [0.25, 0.3) is 11.5 Å². The number of halogens is 3. The first kappa shape index (κ1) is 29.5. The fourth-order valence-corrected chi connectivity index (χ4v) is 3.90. The first-order chi connectivity index (χ1) is 17.2. The minimum Gasteiger partial charge on any atom is -0.345 e. The molecule has 0 spiro atoms. The zero-order valence-corrected chi connectivity index (χ0v) is 21.8. The summed E-state index contributed by atoms with van der Waals surface area (Å²) >= 11 is 0.776. The number of anilines is 2. The zero-order chi connectivity index (χ0) is 28.0. The van der Waals surface area contributed by atoms with Gasteiger partial charge in [-0.25, -0.2) is 4.98 Å². The smallest absolute Gasteiger partial charge is 0.345 e. The molecule has 2 rings (SSSR count). The van der Waals surface area contributed by atoms with Crippen LogP contribution in [0.1, 0.15) is 27.7 Å². The number of carbonyl (C=O) groups is 2. The number of thiazole rings is 1. The number of rotatable bonds is 8. The van der Waals surface area contributed by atoms with Crippen LogP contribution in [-0.4, -0.2) is 58.1 Å². The quantitative estimate of drug-likeness (QED) is 0.459. The summed E-state index contributed by atoms with van der Waals surface area (Å²) < 4.78 is 38.5. The van der Waals surface area contributed by atoms with Gasteiger partial charge in [0.15, 0.2) is 5.57 Å². The van der Waals surface area contributed by atoms with Crippen LogP contribution in [0.4, 0.5) is 24.8 Å². The molecule has 0 atom stereocenters. The summed E-state index contributed by atoms with van der Waals surface area (Å²) in [6, 6.07) is 6.42. The van der Waals surface area contributed by atoms with E-state index in [0.717, 1.165) is 15.9 Å². The van der Waals surface area contributed by atoms with E-state index in [2.05, 4.69) is 15.6 Å². The van der Waals surface area contributed by atoms with Crippen molar-refractivity contribution in [2.45, 2.75) is 46.0 Å². The van der Waals surface area contributed by atoms with E-state index in [-0.39, 0.29) is 39.5 Å². The minimum absolute atomic E-state index is 0.0698. The molecule has 2 aromatic heterocycles. The number of pyridine rings is 1. The molecule has 0 radical (unpaired) electrons. The lowest BCUT2D eigenvalue weighted by Crippen LogP contribution is -2.42. The van der Waals surface area contributed by atoms with Crippen molar-refractivity contribution < 1.29 is 22.8 Å². The van der Waals surface area contributed by atoms with Crippen LogP contribution >= 0.6 is 11.3 Å². The average Bonchev–Trinajstić information content (AvgIpc) is 3.10. The molecule has 37 heavy (non-hydrogen) atoms. The lowest BCUT2D eigenvalue weighted by atomic mass is 10.1. The van der Waals surface area contributed by atoms with Gasteiger partial charge in [-0.3, -0.25) is 23.9 Å². The van der Waals surface area contributed by atoms with Gasteiger partial charge in [0.2, 0.25) is 5.91 Å². The SMILES string of the molecule is CCn1c(=C(C#N)C(=O)NCC(F)(F)F)sc(=CNc2cccc(NC(=O)CN(C)C(C)(C)C)n2)c1=O. The Morgan fingerprint density at radius 1 is 1.24 bits per heavy atom. The van der Waals surface area contributed by atoms with Crippen LogP contribution in [0.15, 0.2) is 23.0 Å². The third-order valence-corrected chi connectivity index (χ3v) is 6.25. The van der Waals surface area contributed by atoms with Crippen molar-refractivity contribution in [2.75, 3.05) is 30.8 Å². The van der Waals surface area contributed by atoms with Gasteiger partial charge in [-0.15, -0.1) is 11.3 Å². The van der Waals surface area contributed by atoms with Crippen LogP contribution in [0, 0.1) is 11.3 Å². The first-order valence-corrected chi connectivity index (χ1v) is 11.9. The number of amides is 2. The highest BCUT2D eigenvalue weighted by Crippen LogP contribution is 2.13. The average molecular weight is 540 g/mol. The molecule has 2 aromatic rings. The lowest BCUT2D eigenvalue weighted by molar-refractivity contribution is -0.135. The molecule has 10 nitrogen and oxygen atoms in total. The molecule has 2 heterocycles. The molecule has 0 fully saturated rings. The van der Waals surface area contributed by atoms with E-state index in [4.69, 9.17) is 0 Å². The molecule has 14 heteroatoms. The van der Waals surface area contributed by atoms with E-state index >= 15 is 0 Å². The van der Waals surface area contributed by atoms with Crippen LogP contribution in [0.3, 0.4) is 0 Å². The maximum absolute atomic E-state index is 12.8. The molecule has 0 aliphatic carbocycles. The zero-order valence-electron chi connectivity index (χ0n) is 21.0. The summed E-state index contributed by atoms with van der Waals surface area (Å²) in [5.74, 6) is -0.912. The molecule has 0 aliphatic heterocycles. The van der Waals surface area contributed by atoms with Crippen molar-refractivity contribution in [3.05, 3.63) is 37.7 Å². The number of nitriles is 1. The van der Waals surface area contributed by atoms with Gasteiger partial charge in [-0.2, -0.15) is 18.4 Å². The Morgan fingerprint density at radius 3 is 2.46 bits per heavy atom. The second-order valence-corrected chi connectivity index (χ2v) is 9.91. The molecule has 2 amide bonds. The number of hydrogen-bond acceptors (Lipinski definition) is 8. The van der Waals surface area contributed by atoms with Gasteiger partial charge in [0.05, 0.1) is 6.54 Å². The number of likely N-dealkylation sites (N-methyl/N-ethyl adjacent to an activating group) is 1. The number of alkyl halides is 3. The number of aromatic nitrogens is 2. The summed E-state index contributed by atoms with van der Waals surface area (Å²) in [6.07, 6.45) is -3.34. The van der Waals surface area contributed by atoms with Crippen molar-refractivity contribution in [1.29, 1.82) is 5.26 Å². The van der Waals surface area contributed by atoms with Crippen LogP contribution in [-0.2, 0) is 16.1 Å². The Bertz CT molecular complexity index is 1370. The monoisotopic (exact) mass is 539 g/mol. The fraction of sp³-hybridized carbons (Fsp3) is 0.435. The summed E-state index contributed by atoms with van der Waals surface area (Å²) in [4.78, 5) is 43.5. The number of hydrogen-bond donors (Lipinski definition) is 3. The molecule has 200 valence electrons. The first-order valence-electron chi connectivity index (χ1n) is 11.1. The lowest BCUT2D eigenvalue weighted by Gasteiger charge is -2.31. The van der Waals surface area contributed by atoms with Gasteiger partial charge in [0, 0.05) is 18.3 Å². The predicted octanol–water partition coefficient (Wildman–Crippen LogP) is 1.20. The van der Waals surface area contributed by atoms with Crippen LogP contribution in [0.5, 0.6) is 0 Å². The third-order valence-electron chi connectivity index (χ3n) is 5.12. The Kier molecular flexibility index (Phi) is 9.60. The van der Waals surface area contributed by atoms with Gasteiger partial charge < -0.3 is 16.0 Å². The Balaban J connectivity index is 2.31.